The number of halogens is 1. The van der Waals surface area contributed by atoms with Crippen molar-refractivity contribution in [3.8, 4) is 11.5 Å². The van der Waals surface area contributed by atoms with E-state index in [-0.39, 0.29) is 12.6 Å². The van der Waals surface area contributed by atoms with Crippen LogP contribution < -0.4 is 9.47 Å². The fourth-order valence-electron chi connectivity index (χ4n) is 3.81. The van der Waals surface area contributed by atoms with Crippen LogP contribution in [-0.4, -0.2) is 30.9 Å². The standard InChI is InChI=1S/C28H39BrO5/c1-3-5-16-34-27-13-10-12-23(26(27)14-15-28(31)32-4-2)11-8-6-7-9-17-33-25-19-22(21-30)18-24(29)20-25/h10,12-13,18-20,30H,3-9,11,14-17,21H2,1-2H3. The average molecular weight is 536 g/mol. The highest BCUT2D eigenvalue weighted by molar-refractivity contribution is 9.10. The lowest BCUT2D eigenvalue weighted by atomic mass is 9.96. The quantitative estimate of drug-likeness (QED) is 0.178. The largest absolute Gasteiger partial charge is 0.494 e. The summed E-state index contributed by atoms with van der Waals surface area (Å²) in [5.74, 6) is 1.53. The first-order valence-electron chi connectivity index (χ1n) is 12.5. The molecule has 0 fully saturated rings. The molecule has 0 spiro atoms. The summed E-state index contributed by atoms with van der Waals surface area (Å²) < 4.78 is 17.9. The van der Waals surface area contributed by atoms with E-state index < -0.39 is 0 Å². The molecule has 0 saturated carbocycles. The van der Waals surface area contributed by atoms with Crippen LogP contribution in [0.15, 0.2) is 40.9 Å². The Morgan fingerprint density at radius 1 is 0.941 bits per heavy atom. The van der Waals surface area contributed by atoms with Gasteiger partial charge in [-0.25, -0.2) is 0 Å². The summed E-state index contributed by atoms with van der Waals surface area (Å²) in [6.45, 7) is 5.76. The molecule has 5 nitrogen and oxygen atoms in total. The van der Waals surface area contributed by atoms with Gasteiger partial charge < -0.3 is 19.3 Å². The number of hydrogen-bond donors (Lipinski definition) is 1. The molecule has 0 aromatic heterocycles. The number of hydrogen-bond acceptors (Lipinski definition) is 5. The molecule has 34 heavy (non-hydrogen) atoms. The van der Waals surface area contributed by atoms with Crippen LogP contribution in [0.2, 0.25) is 0 Å². The predicted octanol–water partition coefficient (Wildman–Crippen LogP) is 6.80. The molecule has 0 heterocycles. The summed E-state index contributed by atoms with van der Waals surface area (Å²) in [5, 5.41) is 9.32. The molecular formula is C28H39BrO5. The number of ether oxygens (including phenoxy) is 3. The Morgan fingerprint density at radius 3 is 2.50 bits per heavy atom. The van der Waals surface area contributed by atoms with Crippen LogP contribution >= 0.6 is 15.9 Å². The molecule has 1 N–H and O–H groups in total. The Bertz CT molecular complexity index is 868. The number of carbonyl (C=O) groups excluding carboxylic acids is 1. The van der Waals surface area contributed by atoms with Gasteiger partial charge in [0.25, 0.3) is 0 Å². The summed E-state index contributed by atoms with van der Waals surface area (Å²) in [5.41, 5.74) is 3.24. The van der Waals surface area contributed by atoms with E-state index in [0.29, 0.717) is 32.7 Å². The van der Waals surface area contributed by atoms with Gasteiger partial charge in [0.15, 0.2) is 0 Å². The first-order valence-corrected chi connectivity index (χ1v) is 13.3. The van der Waals surface area contributed by atoms with Gasteiger partial charge in [-0.1, -0.05) is 54.2 Å². The van der Waals surface area contributed by atoms with Crippen molar-refractivity contribution in [2.24, 2.45) is 0 Å². The highest BCUT2D eigenvalue weighted by Gasteiger charge is 2.12. The molecule has 2 aromatic rings. The Balaban J connectivity index is 1.82. The lowest BCUT2D eigenvalue weighted by molar-refractivity contribution is -0.143. The fourth-order valence-corrected chi connectivity index (χ4v) is 4.33. The van der Waals surface area contributed by atoms with E-state index in [4.69, 9.17) is 14.2 Å². The third-order valence-electron chi connectivity index (χ3n) is 5.59. The normalized spacial score (nSPS) is 10.8. The van der Waals surface area contributed by atoms with E-state index in [0.717, 1.165) is 72.0 Å². The molecule has 0 unspecified atom stereocenters. The molecule has 0 aliphatic heterocycles. The minimum Gasteiger partial charge on any atom is -0.494 e. The van der Waals surface area contributed by atoms with Gasteiger partial charge in [0.05, 0.1) is 26.4 Å². The third-order valence-corrected chi connectivity index (χ3v) is 6.05. The number of rotatable bonds is 17. The van der Waals surface area contributed by atoms with E-state index in [1.807, 2.05) is 31.2 Å². The molecular weight excluding hydrogens is 496 g/mol. The Morgan fingerprint density at radius 2 is 1.74 bits per heavy atom. The summed E-state index contributed by atoms with van der Waals surface area (Å²) in [7, 11) is 0. The lowest BCUT2D eigenvalue weighted by Gasteiger charge is -2.16. The molecule has 2 aromatic carbocycles. The Labute approximate surface area is 212 Å². The summed E-state index contributed by atoms with van der Waals surface area (Å²) in [4.78, 5) is 11.9. The average Bonchev–Trinajstić information content (AvgIpc) is 2.82. The van der Waals surface area contributed by atoms with Crippen molar-refractivity contribution >= 4 is 21.9 Å². The smallest absolute Gasteiger partial charge is 0.306 e. The topological polar surface area (TPSA) is 65.0 Å². The fraction of sp³-hybridized carbons (Fsp3) is 0.536. The zero-order valence-electron chi connectivity index (χ0n) is 20.6. The van der Waals surface area contributed by atoms with Crippen LogP contribution in [0.1, 0.15) is 75.5 Å². The Hall–Kier alpha value is -2.05. The van der Waals surface area contributed by atoms with Crippen molar-refractivity contribution in [1.29, 1.82) is 0 Å². The number of benzene rings is 2. The number of esters is 1. The van der Waals surface area contributed by atoms with E-state index in [1.165, 1.54) is 5.56 Å². The van der Waals surface area contributed by atoms with Crippen molar-refractivity contribution in [1.82, 2.24) is 0 Å². The molecule has 0 aliphatic rings. The summed E-state index contributed by atoms with van der Waals surface area (Å²) in [6, 6.07) is 11.9. The van der Waals surface area contributed by atoms with Gasteiger partial charge >= 0.3 is 5.97 Å². The minimum absolute atomic E-state index is 0.00240. The molecule has 0 bridgehead atoms. The molecule has 6 heteroatoms. The molecule has 0 saturated heterocycles. The van der Waals surface area contributed by atoms with Gasteiger partial charge in [0, 0.05) is 10.9 Å². The SMILES string of the molecule is CCCCOc1cccc(CCCCCCOc2cc(Br)cc(CO)c2)c1CCC(=O)OCC. The number of carbonyl (C=O) groups is 1. The second-order valence-electron chi connectivity index (χ2n) is 8.37. The molecule has 0 radical (unpaired) electrons. The minimum atomic E-state index is -0.159. The van der Waals surface area contributed by atoms with Gasteiger partial charge in [0.2, 0.25) is 0 Å². The van der Waals surface area contributed by atoms with Crippen LogP contribution in [-0.2, 0) is 29.0 Å². The lowest BCUT2D eigenvalue weighted by Crippen LogP contribution is -2.08. The number of unbranched alkanes of at least 4 members (excludes halogenated alkanes) is 4. The van der Waals surface area contributed by atoms with E-state index in [1.54, 1.807) is 0 Å². The van der Waals surface area contributed by atoms with Gasteiger partial charge in [-0.3, -0.25) is 4.79 Å². The molecule has 188 valence electrons. The van der Waals surface area contributed by atoms with Crippen molar-refractivity contribution in [3.05, 3.63) is 57.6 Å². The zero-order chi connectivity index (χ0) is 24.6. The maximum atomic E-state index is 11.9. The predicted molar refractivity (Wildman–Crippen MR) is 140 cm³/mol. The second kappa shape index (κ2) is 16.6. The molecule has 0 amide bonds. The number of aliphatic hydroxyl groups is 1. The second-order valence-corrected chi connectivity index (χ2v) is 9.28. The number of aliphatic hydroxyl groups excluding tert-OH is 1. The van der Waals surface area contributed by atoms with Crippen LogP contribution in [0.4, 0.5) is 0 Å². The first-order chi connectivity index (χ1) is 16.6. The van der Waals surface area contributed by atoms with Crippen molar-refractivity contribution in [2.45, 2.75) is 78.2 Å². The highest BCUT2D eigenvalue weighted by atomic mass is 79.9. The molecule has 2 rings (SSSR count). The third kappa shape index (κ3) is 10.5. The van der Waals surface area contributed by atoms with Crippen LogP contribution in [0.5, 0.6) is 11.5 Å². The van der Waals surface area contributed by atoms with Crippen molar-refractivity contribution in [3.63, 3.8) is 0 Å². The Kier molecular flexibility index (Phi) is 13.7. The van der Waals surface area contributed by atoms with Gasteiger partial charge in [-0.15, -0.1) is 0 Å². The number of aryl methyl sites for hydroxylation is 1. The molecule has 0 atom stereocenters. The van der Waals surface area contributed by atoms with Crippen molar-refractivity contribution < 1.29 is 24.1 Å². The maximum Gasteiger partial charge on any atom is 0.306 e. The van der Waals surface area contributed by atoms with E-state index in [2.05, 4.69) is 35.0 Å². The van der Waals surface area contributed by atoms with Crippen LogP contribution in [0.25, 0.3) is 0 Å². The van der Waals surface area contributed by atoms with Crippen molar-refractivity contribution in [2.75, 3.05) is 19.8 Å². The van der Waals surface area contributed by atoms with Crippen LogP contribution in [0.3, 0.4) is 0 Å². The maximum absolute atomic E-state index is 11.9. The summed E-state index contributed by atoms with van der Waals surface area (Å²) in [6.07, 6.45) is 8.36. The van der Waals surface area contributed by atoms with Crippen LogP contribution in [0, 0.1) is 0 Å². The van der Waals surface area contributed by atoms with Gasteiger partial charge in [-0.2, -0.15) is 0 Å². The van der Waals surface area contributed by atoms with Gasteiger partial charge in [-0.05, 0) is 80.0 Å². The van der Waals surface area contributed by atoms with E-state index >= 15 is 0 Å². The summed E-state index contributed by atoms with van der Waals surface area (Å²) >= 11 is 3.45. The monoisotopic (exact) mass is 534 g/mol. The van der Waals surface area contributed by atoms with E-state index in [9.17, 15) is 9.90 Å². The first kappa shape index (κ1) is 28.2. The van der Waals surface area contributed by atoms with Gasteiger partial charge in [0.1, 0.15) is 11.5 Å². The molecule has 0 aliphatic carbocycles. The highest BCUT2D eigenvalue weighted by Crippen LogP contribution is 2.27. The zero-order valence-corrected chi connectivity index (χ0v) is 22.2.